The lowest BCUT2D eigenvalue weighted by Crippen LogP contribution is -2.23. The van der Waals surface area contributed by atoms with Gasteiger partial charge in [0, 0.05) is 13.5 Å². The van der Waals surface area contributed by atoms with Gasteiger partial charge in [-0.15, -0.1) is 0 Å². The molecule has 1 atom stereocenters. The molecule has 6 nitrogen and oxygen atoms in total. The minimum atomic E-state index is -0.446. The average molecular weight is 291 g/mol. The van der Waals surface area contributed by atoms with Gasteiger partial charge in [-0.25, -0.2) is 0 Å². The Morgan fingerprint density at radius 3 is 2.90 bits per heavy atom. The monoisotopic (exact) mass is 291 g/mol. The van der Waals surface area contributed by atoms with Gasteiger partial charge in [-0.05, 0) is 18.5 Å². The van der Waals surface area contributed by atoms with Gasteiger partial charge in [0.05, 0.1) is 19.3 Å². The van der Waals surface area contributed by atoms with Crippen molar-refractivity contribution in [3.05, 3.63) is 47.6 Å². The van der Waals surface area contributed by atoms with Gasteiger partial charge in [0.1, 0.15) is 0 Å². The van der Waals surface area contributed by atoms with Crippen molar-refractivity contribution >= 4 is 0 Å². The standard InChI is InChI=1S/C15H21N3O3/c1-20-11-13(19)7-8-16-10-15-17-14(18-21-15)9-12-5-3-2-4-6-12/h2-6,13,16,19H,7-11H2,1H3. The predicted molar refractivity (Wildman–Crippen MR) is 77.8 cm³/mol. The van der Waals surface area contributed by atoms with E-state index in [0.717, 1.165) is 5.56 Å². The van der Waals surface area contributed by atoms with Crippen LogP contribution in [0, 0.1) is 0 Å². The third-order valence-electron chi connectivity index (χ3n) is 3.00. The Bertz CT molecular complexity index is 516. The predicted octanol–water partition coefficient (Wildman–Crippen LogP) is 1.15. The molecule has 0 aliphatic heterocycles. The molecular formula is C15H21N3O3. The lowest BCUT2D eigenvalue weighted by atomic mass is 10.1. The first-order chi connectivity index (χ1) is 10.3. The Labute approximate surface area is 124 Å². The Morgan fingerprint density at radius 1 is 1.33 bits per heavy atom. The number of aliphatic hydroxyl groups is 1. The fourth-order valence-electron chi connectivity index (χ4n) is 1.95. The third-order valence-corrected chi connectivity index (χ3v) is 3.00. The minimum absolute atomic E-state index is 0.351. The van der Waals surface area contributed by atoms with Crippen LogP contribution in [0.25, 0.3) is 0 Å². The number of rotatable bonds is 9. The van der Waals surface area contributed by atoms with Crippen LogP contribution in [-0.4, -0.2) is 41.6 Å². The lowest BCUT2D eigenvalue weighted by Gasteiger charge is -2.08. The van der Waals surface area contributed by atoms with Crippen molar-refractivity contribution in [3.63, 3.8) is 0 Å². The van der Waals surface area contributed by atoms with Crippen LogP contribution in [0.4, 0.5) is 0 Å². The van der Waals surface area contributed by atoms with E-state index in [2.05, 4.69) is 15.5 Å². The molecule has 2 N–H and O–H groups in total. The number of nitrogens with zero attached hydrogens (tertiary/aromatic N) is 2. The Hall–Kier alpha value is -1.76. The van der Waals surface area contributed by atoms with E-state index in [9.17, 15) is 5.11 Å². The van der Waals surface area contributed by atoms with Crippen LogP contribution in [0.3, 0.4) is 0 Å². The van der Waals surface area contributed by atoms with E-state index in [-0.39, 0.29) is 0 Å². The number of aromatic nitrogens is 2. The highest BCUT2D eigenvalue weighted by Gasteiger charge is 2.07. The quantitative estimate of drug-likeness (QED) is 0.675. The minimum Gasteiger partial charge on any atom is -0.391 e. The molecule has 1 aromatic heterocycles. The molecule has 0 bridgehead atoms. The molecule has 0 spiro atoms. The van der Waals surface area contributed by atoms with Crippen molar-refractivity contribution in [1.29, 1.82) is 0 Å². The molecule has 0 aliphatic rings. The number of benzene rings is 1. The highest BCUT2D eigenvalue weighted by molar-refractivity contribution is 5.18. The molecule has 6 heteroatoms. The molecule has 0 aliphatic carbocycles. The van der Waals surface area contributed by atoms with Crippen molar-refractivity contribution in [2.45, 2.75) is 25.5 Å². The van der Waals surface area contributed by atoms with E-state index in [0.29, 0.717) is 44.3 Å². The number of aliphatic hydroxyl groups excluding tert-OH is 1. The first kappa shape index (κ1) is 15.6. The maximum atomic E-state index is 9.50. The number of ether oxygens (including phenoxy) is 1. The second-order valence-electron chi connectivity index (χ2n) is 4.84. The topological polar surface area (TPSA) is 80.4 Å². The second-order valence-corrected chi connectivity index (χ2v) is 4.84. The molecule has 0 fully saturated rings. The molecular weight excluding hydrogens is 270 g/mol. The van der Waals surface area contributed by atoms with Crippen molar-refractivity contribution < 1.29 is 14.4 Å². The molecule has 2 aromatic rings. The fraction of sp³-hybridized carbons (Fsp3) is 0.467. The van der Waals surface area contributed by atoms with E-state index in [1.54, 1.807) is 7.11 Å². The van der Waals surface area contributed by atoms with E-state index < -0.39 is 6.10 Å². The van der Waals surface area contributed by atoms with E-state index in [4.69, 9.17) is 9.26 Å². The zero-order chi connectivity index (χ0) is 14.9. The lowest BCUT2D eigenvalue weighted by molar-refractivity contribution is 0.0593. The smallest absolute Gasteiger partial charge is 0.240 e. The van der Waals surface area contributed by atoms with Crippen molar-refractivity contribution in [2.24, 2.45) is 0 Å². The Kier molecular flexibility index (Phi) is 6.33. The molecule has 0 saturated carbocycles. The highest BCUT2D eigenvalue weighted by Crippen LogP contribution is 2.06. The SMILES string of the molecule is COCC(O)CCNCc1nc(Cc2ccccc2)no1. The van der Waals surface area contributed by atoms with Gasteiger partial charge >= 0.3 is 0 Å². The van der Waals surface area contributed by atoms with E-state index in [1.165, 1.54) is 0 Å². The summed E-state index contributed by atoms with van der Waals surface area (Å²) < 4.78 is 10.0. The largest absolute Gasteiger partial charge is 0.391 e. The van der Waals surface area contributed by atoms with Crippen LogP contribution in [0.5, 0.6) is 0 Å². The number of hydrogen-bond donors (Lipinski definition) is 2. The van der Waals surface area contributed by atoms with Crippen LogP contribution >= 0.6 is 0 Å². The van der Waals surface area contributed by atoms with Crippen LogP contribution < -0.4 is 5.32 Å². The molecule has 1 aromatic carbocycles. The van der Waals surface area contributed by atoms with Crippen LogP contribution in [0.2, 0.25) is 0 Å². The van der Waals surface area contributed by atoms with Crippen LogP contribution in [-0.2, 0) is 17.7 Å². The van der Waals surface area contributed by atoms with Gasteiger partial charge in [0.15, 0.2) is 5.82 Å². The molecule has 0 radical (unpaired) electrons. The fourth-order valence-corrected chi connectivity index (χ4v) is 1.95. The summed E-state index contributed by atoms with van der Waals surface area (Å²) in [7, 11) is 1.57. The van der Waals surface area contributed by atoms with E-state index in [1.807, 2.05) is 30.3 Å². The summed E-state index contributed by atoms with van der Waals surface area (Å²) in [6, 6.07) is 10.0. The van der Waals surface area contributed by atoms with Crippen molar-refractivity contribution in [1.82, 2.24) is 15.5 Å². The Balaban J connectivity index is 1.71. The summed E-state index contributed by atoms with van der Waals surface area (Å²) in [5, 5.41) is 16.6. The summed E-state index contributed by atoms with van der Waals surface area (Å²) >= 11 is 0. The summed E-state index contributed by atoms with van der Waals surface area (Å²) in [4.78, 5) is 4.33. The number of nitrogens with one attached hydrogen (secondary N) is 1. The summed E-state index contributed by atoms with van der Waals surface area (Å²) in [5.41, 5.74) is 1.15. The van der Waals surface area contributed by atoms with Gasteiger partial charge in [-0.2, -0.15) is 4.98 Å². The molecule has 2 rings (SSSR count). The molecule has 0 saturated heterocycles. The molecule has 1 unspecified atom stereocenters. The van der Waals surface area contributed by atoms with Gasteiger partial charge in [0.2, 0.25) is 5.89 Å². The molecule has 21 heavy (non-hydrogen) atoms. The molecule has 1 heterocycles. The van der Waals surface area contributed by atoms with Crippen LogP contribution in [0.1, 0.15) is 23.7 Å². The normalized spacial score (nSPS) is 12.5. The average Bonchev–Trinajstić information content (AvgIpc) is 2.92. The summed E-state index contributed by atoms with van der Waals surface area (Å²) in [5.74, 6) is 1.24. The third kappa shape index (κ3) is 5.63. The second kappa shape index (κ2) is 8.51. The highest BCUT2D eigenvalue weighted by atomic mass is 16.5. The maximum absolute atomic E-state index is 9.50. The summed E-state index contributed by atoms with van der Waals surface area (Å²) in [6.45, 7) is 1.52. The van der Waals surface area contributed by atoms with Crippen molar-refractivity contribution in [3.8, 4) is 0 Å². The molecule has 0 amide bonds. The summed E-state index contributed by atoms with van der Waals surface area (Å²) in [6.07, 6.45) is 0.842. The molecule has 114 valence electrons. The van der Waals surface area contributed by atoms with Gasteiger partial charge in [-0.3, -0.25) is 0 Å². The van der Waals surface area contributed by atoms with Gasteiger partial charge in [-0.1, -0.05) is 35.5 Å². The van der Waals surface area contributed by atoms with Crippen molar-refractivity contribution in [2.75, 3.05) is 20.3 Å². The number of hydrogen-bond acceptors (Lipinski definition) is 6. The first-order valence-corrected chi connectivity index (χ1v) is 7.01. The van der Waals surface area contributed by atoms with Gasteiger partial charge in [0.25, 0.3) is 0 Å². The van der Waals surface area contributed by atoms with Gasteiger partial charge < -0.3 is 19.7 Å². The van der Waals surface area contributed by atoms with E-state index >= 15 is 0 Å². The zero-order valence-electron chi connectivity index (χ0n) is 12.2. The first-order valence-electron chi connectivity index (χ1n) is 7.01. The zero-order valence-corrected chi connectivity index (χ0v) is 12.2. The maximum Gasteiger partial charge on any atom is 0.240 e. The van der Waals surface area contributed by atoms with Crippen LogP contribution in [0.15, 0.2) is 34.9 Å². The Morgan fingerprint density at radius 2 is 2.14 bits per heavy atom. The number of methoxy groups -OCH3 is 1.